The predicted octanol–water partition coefficient (Wildman–Crippen LogP) is 2.76. The number of anilines is 1. The van der Waals surface area contributed by atoms with Crippen molar-refractivity contribution in [2.24, 2.45) is 5.92 Å². The molecule has 1 aromatic rings. The fourth-order valence-electron chi connectivity index (χ4n) is 1.56. The first-order valence-electron chi connectivity index (χ1n) is 5.68. The standard InChI is InChI=1S/C13H17NO3/c1-3-5-9(2)12(15)14-11-7-4-6-10(8-11)13(16)17/h4,6-9H,3,5H2,1-2H3,(H,14,15)(H,16,17). The molecule has 92 valence electrons. The molecule has 0 saturated carbocycles. The molecule has 4 heteroatoms. The van der Waals surface area contributed by atoms with E-state index >= 15 is 0 Å². The molecule has 0 spiro atoms. The number of amides is 1. The van der Waals surface area contributed by atoms with Crippen LogP contribution in [0.25, 0.3) is 0 Å². The minimum absolute atomic E-state index is 0.0616. The first-order valence-corrected chi connectivity index (χ1v) is 5.68. The molecule has 0 aliphatic rings. The van der Waals surface area contributed by atoms with Gasteiger partial charge in [0, 0.05) is 11.6 Å². The van der Waals surface area contributed by atoms with Gasteiger partial charge in [-0.3, -0.25) is 4.79 Å². The fourth-order valence-corrected chi connectivity index (χ4v) is 1.56. The molecule has 0 bridgehead atoms. The predicted molar refractivity (Wildman–Crippen MR) is 66.1 cm³/mol. The largest absolute Gasteiger partial charge is 0.478 e. The maximum Gasteiger partial charge on any atom is 0.335 e. The summed E-state index contributed by atoms with van der Waals surface area (Å²) in [4.78, 5) is 22.5. The zero-order chi connectivity index (χ0) is 12.8. The van der Waals surface area contributed by atoms with E-state index < -0.39 is 5.97 Å². The Morgan fingerprint density at radius 3 is 2.71 bits per heavy atom. The minimum atomic E-state index is -0.997. The smallest absolute Gasteiger partial charge is 0.335 e. The Kier molecular flexibility index (Phi) is 4.69. The Bertz CT molecular complexity index is 415. The molecule has 0 heterocycles. The minimum Gasteiger partial charge on any atom is -0.478 e. The second-order valence-electron chi connectivity index (χ2n) is 4.06. The molecule has 0 radical (unpaired) electrons. The SMILES string of the molecule is CCCC(C)C(=O)Nc1cccc(C(=O)O)c1. The number of carboxylic acids is 1. The van der Waals surface area contributed by atoms with Crippen molar-refractivity contribution >= 4 is 17.6 Å². The molecule has 0 saturated heterocycles. The van der Waals surface area contributed by atoms with Crippen LogP contribution in [0.5, 0.6) is 0 Å². The lowest BCUT2D eigenvalue weighted by atomic mass is 10.1. The molecule has 0 aliphatic carbocycles. The van der Waals surface area contributed by atoms with E-state index in [1.54, 1.807) is 12.1 Å². The molecule has 17 heavy (non-hydrogen) atoms. The van der Waals surface area contributed by atoms with E-state index in [4.69, 9.17) is 5.11 Å². The van der Waals surface area contributed by atoms with E-state index in [1.807, 2.05) is 13.8 Å². The number of carbonyl (C=O) groups excluding carboxylic acids is 1. The number of aromatic carboxylic acids is 1. The van der Waals surface area contributed by atoms with Gasteiger partial charge in [0.05, 0.1) is 5.56 Å². The zero-order valence-corrected chi connectivity index (χ0v) is 10.1. The molecule has 2 N–H and O–H groups in total. The highest BCUT2D eigenvalue weighted by molar-refractivity contribution is 5.94. The highest BCUT2D eigenvalue weighted by Crippen LogP contribution is 2.13. The van der Waals surface area contributed by atoms with Gasteiger partial charge in [-0.2, -0.15) is 0 Å². The highest BCUT2D eigenvalue weighted by atomic mass is 16.4. The molecular weight excluding hydrogens is 218 g/mol. The van der Waals surface area contributed by atoms with Crippen molar-refractivity contribution in [1.82, 2.24) is 0 Å². The van der Waals surface area contributed by atoms with Crippen LogP contribution in [0.2, 0.25) is 0 Å². The van der Waals surface area contributed by atoms with Crippen molar-refractivity contribution < 1.29 is 14.7 Å². The van der Waals surface area contributed by atoms with E-state index in [0.29, 0.717) is 5.69 Å². The molecule has 1 atom stereocenters. The van der Waals surface area contributed by atoms with Crippen molar-refractivity contribution in [3.63, 3.8) is 0 Å². The van der Waals surface area contributed by atoms with Crippen LogP contribution in [0.1, 0.15) is 37.0 Å². The van der Waals surface area contributed by atoms with Gasteiger partial charge in [-0.05, 0) is 24.6 Å². The second-order valence-corrected chi connectivity index (χ2v) is 4.06. The quantitative estimate of drug-likeness (QED) is 0.824. The van der Waals surface area contributed by atoms with Crippen LogP contribution in [-0.2, 0) is 4.79 Å². The van der Waals surface area contributed by atoms with E-state index in [1.165, 1.54) is 12.1 Å². The molecule has 1 rings (SSSR count). The fraction of sp³-hybridized carbons (Fsp3) is 0.385. The summed E-state index contributed by atoms with van der Waals surface area (Å²) in [7, 11) is 0. The number of benzene rings is 1. The molecule has 0 aliphatic heterocycles. The Labute approximate surface area is 101 Å². The third-order valence-corrected chi connectivity index (χ3v) is 2.55. The number of hydrogen-bond donors (Lipinski definition) is 2. The summed E-state index contributed by atoms with van der Waals surface area (Å²) in [6, 6.07) is 6.25. The summed E-state index contributed by atoms with van der Waals surface area (Å²) in [6.45, 7) is 3.88. The van der Waals surface area contributed by atoms with Crippen molar-refractivity contribution in [3.05, 3.63) is 29.8 Å². The van der Waals surface area contributed by atoms with E-state index in [-0.39, 0.29) is 17.4 Å². The van der Waals surface area contributed by atoms with Gasteiger partial charge in [-0.1, -0.05) is 26.3 Å². The summed E-state index contributed by atoms with van der Waals surface area (Å²) in [5, 5.41) is 11.5. The molecule has 4 nitrogen and oxygen atoms in total. The van der Waals surface area contributed by atoms with Gasteiger partial charge in [0.25, 0.3) is 0 Å². The maximum atomic E-state index is 11.7. The lowest BCUT2D eigenvalue weighted by Crippen LogP contribution is -2.20. The van der Waals surface area contributed by atoms with Crippen LogP contribution in [0.3, 0.4) is 0 Å². The topological polar surface area (TPSA) is 66.4 Å². The van der Waals surface area contributed by atoms with Crippen LogP contribution in [0.15, 0.2) is 24.3 Å². The summed E-state index contributed by atoms with van der Waals surface area (Å²) in [5.41, 5.74) is 0.698. The summed E-state index contributed by atoms with van der Waals surface area (Å²) >= 11 is 0. The summed E-state index contributed by atoms with van der Waals surface area (Å²) in [5.74, 6) is -1.13. The summed E-state index contributed by atoms with van der Waals surface area (Å²) in [6.07, 6.45) is 1.77. The molecule has 1 aromatic carbocycles. The molecular formula is C13H17NO3. The zero-order valence-electron chi connectivity index (χ0n) is 10.1. The van der Waals surface area contributed by atoms with Crippen molar-refractivity contribution in [1.29, 1.82) is 0 Å². The molecule has 1 amide bonds. The van der Waals surface area contributed by atoms with E-state index in [9.17, 15) is 9.59 Å². The lowest BCUT2D eigenvalue weighted by Gasteiger charge is -2.11. The first-order chi connectivity index (χ1) is 8.04. The number of nitrogens with one attached hydrogen (secondary N) is 1. The van der Waals surface area contributed by atoms with E-state index in [0.717, 1.165) is 12.8 Å². The average Bonchev–Trinajstić information content (AvgIpc) is 2.29. The van der Waals surface area contributed by atoms with Gasteiger partial charge in [0.1, 0.15) is 0 Å². The highest BCUT2D eigenvalue weighted by Gasteiger charge is 2.12. The Morgan fingerprint density at radius 2 is 2.12 bits per heavy atom. The van der Waals surface area contributed by atoms with Crippen LogP contribution >= 0.6 is 0 Å². The number of carbonyl (C=O) groups is 2. The third kappa shape index (κ3) is 3.90. The van der Waals surface area contributed by atoms with Crippen molar-refractivity contribution in [3.8, 4) is 0 Å². The number of carboxylic acid groups (broad SMARTS) is 1. The van der Waals surface area contributed by atoms with Gasteiger partial charge < -0.3 is 10.4 Å². The Hall–Kier alpha value is -1.84. The van der Waals surface area contributed by atoms with Gasteiger partial charge in [0.2, 0.25) is 5.91 Å². The number of rotatable bonds is 5. The Morgan fingerprint density at radius 1 is 1.41 bits per heavy atom. The van der Waals surface area contributed by atoms with Crippen LogP contribution in [0, 0.1) is 5.92 Å². The van der Waals surface area contributed by atoms with Crippen LogP contribution in [0.4, 0.5) is 5.69 Å². The van der Waals surface area contributed by atoms with Crippen molar-refractivity contribution in [2.45, 2.75) is 26.7 Å². The monoisotopic (exact) mass is 235 g/mol. The second kappa shape index (κ2) is 6.03. The van der Waals surface area contributed by atoms with E-state index in [2.05, 4.69) is 5.32 Å². The average molecular weight is 235 g/mol. The molecule has 1 unspecified atom stereocenters. The van der Waals surface area contributed by atoms with Gasteiger partial charge in [-0.15, -0.1) is 0 Å². The van der Waals surface area contributed by atoms with Crippen LogP contribution in [-0.4, -0.2) is 17.0 Å². The maximum absolute atomic E-state index is 11.7. The summed E-state index contributed by atoms with van der Waals surface area (Å²) < 4.78 is 0. The Balaban J connectivity index is 2.71. The van der Waals surface area contributed by atoms with Crippen LogP contribution < -0.4 is 5.32 Å². The normalized spacial score (nSPS) is 11.9. The lowest BCUT2D eigenvalue weighted by molar-refractivity contribution is -0.119. The molecule has 0 aromatic heterocycles. The van der Waals surface area contributed by atoms with Gasteiger partial charge in [-0.25, -0.2) is 4.79 Å². The molecule has 0 fully saturated rings. The first kappa shape index (κ1) is 13.2. The van der Waals surface area contributed by atoms with Crippen molar-refractivity contribution in [2.75, 3.05) is 5.32 Å². The third-order valence-electron chi connectivity index (χ3n) is 2.55. The van der Waals surface area contributed by atoms with Gasteiger partial charge >= 0.3 is 5.97 Å². The number of hydrogen-bond acceptors (Lipinski definition) is 2. The van der Waals surface area contributed by atoms with Gasteiger partial charge in [0.15, 0.2) is 0 Å².